The van der Waals surface area contributed by atoms with Crippen LogP contribution in [0.1, 0.15) is 65.7 Å². The van der Waals surface area contributed by atoms with Crippen molar-refractivity contribution in [3.63, 3.8) is 0 Å². The third-order valence-electron chi connectivity index (χ3n) is 4.44. The fourth-order valence-corrected chi connectivity index (χ4v) is 2.79. The zero-order chi connectivity index (χ0) is 14.3. The number of carbonyl (C=O) groups is 1. The number of hydrogen-bond donors (Lipinski definition) is 2. The Morgan fingerprint density at radius 2 is 1.89 bits per heavy atom. The molecule has 0 bridgehead atoms. The fourth-order valence-electron chi connectivity index (χ4n) is 2.79. The van der Waals surface area contributed by atoms with Crippen molar-refractivity contribution >= 4 is 5.91 Å². The van der Waals surface area contributed by atoms with Gasteiger partial charge in [-0.15, -0.1) is 0 Å². The summed E-state index contributed by atoms with van der Waals surface area (Å²) >= 11 is 0. The van der Waals surface area contributed by atoms with Crippen LogP contribution >= 0.6 is 0 Å². The Balaban J connectivity index is 2.21. The first-order valence-corrected chi connectivity index (χ1v) is 8.00. The topological polar surface area (TPSA) is 49.3 Å². The van der Waals surface area contributed by atoms with Gasteiger partial charge in [-0.05, 0) is 37.5 Å². The highest BCUT2D eigenvalue weighted by atomic mass is 16.3. The van der Waals surface area contributed by atoms with Gasteiger partial charge >= 0.3 is 0 Å². The van der Waals surface area contributed by atoms with Crippen molar-refractivity contribution in [3.8, 4) is 0 Å². The smallest absolute Gasteiger partial charge is 0.223 e. The van der Waals surface area contributed by atoms with Crippen molar-refractivity contribution in [2.45, 2.75) is 71.8 Å². The minimum atomic E-state index is -0.426. The molecule has 1 atom stereocenters. The van der Waals surface area contributed by atoms with Crippen LogP contribution < -0.4 is 5.32 Å². The summed E-state index contributed by atoms with van der Waals surface area (Å²) in [5, 5.41) is 12.6. The van der Waals surface area contributed by atoms with Gasteiger partial charge in [-0.3, -0.25) is 4.79 Å². The number of hydrogen-bond acceptors (Lipinski definition) is 2. The summed E-state index contributed by atoms with van der Waals surface area (Å²) in [4.78, 5) is 12.0. The number of nitrogens with one attached hydrogen (secondary N) is 1. The lowest BCUT2D eigenvalue weighted by atomic mass is 9.79. The Bertz CT molecular complexity index is 257. The maximum atomic E-state index is 12.0. The van der Waals surface area contributed by atoms with E-state index in [1.54, 1.807) is 0 Å². The number of aliphatic hydroxyl groups excluding tert-OH is 1. The Labute approximate surface area is 118 Å². The molecule has 2 N–H and O–H groups in total. The molecule has 3 heteroatoms. The first-order chi connectivity index (χ1) is 9.04. The molecule has 19 heavy (non-hydrogen) atoms. The second-order valence-corrected chi connectivity index (χ2v) is 6.42. The number of rotatable bonds is 7. The zero-order valence-electron chi connectivity index (χ0n) is 12.8. The van der Waals surface area contributed by atoms with Crippen molar-refractivity contribution < 1.29 is 9.90 Å². The molecule has 3 nitrogen and oxygen atoms in total. The van der Waals surface area contributed by atoms with Gasteiger partial charge < -0.3 is 10.4 Å². The summed E-state index contributed by atoms with van der Waals surface area (Å²) in [6.07, 6.45) is 7.95. The van der Waals surface area contributed by atoms with Gasteiger partial charge in [0.25, 0.3) is 0 Å². The molecule has 1 amide bonds. The van der Waals surface area contributed by atoms with Gasteiger partial charge in [0.2, 0.25) is 5.91 Å². The van der Waals surface area contributed by atoms with Gasteiger partial charge in [0.05, 0.1) is 6.10 Å². The van der Waals surface area contributed by atoms with E-state index in [4.69, 9.17) is 0 Å². The van der Waals surface area contributed by atoms with Crippen LogP contribution in [0, 0.1) is 17.8 Å². The van der Waals surface area contributed by atoms with Gasteiger partial charge in [0.15, 0.2) is 0 Å². The summed E-state index contributed by atoms with van der Waals surface area (Å²) in [6.45, 7) is 6.57. The molecule has 112 valence electrons. The molecular formula is C16H31NO2. The molecule has 1 saturated carbocycles. The van der Waals surface area contributed by atoms with Crippen molar-refractivity contribution in [2.24, 2.45) is 17.8 Å². The Hall–Kier alpha value is -0.570. The van der Waals surface area contributed by atoms with E-state index < -0.39 is 6.10 Å². The molecule has 0 spiro atoms. The van der Waals surface area contributed by atoms with Gasteiger partial charge in [-0.1, -0.05) is 40.0 Å². The lowest BCUT2D eigenvalue weighted by molar-refractivity contribution is -0.126. The van der Waals surface area contributed by atoms with Gasteiger partial charge in [0, 0.05) is 12.5 Å². The molecule has 0 radical (unpaired) electrons. The van der Waals surface area contributed by atoms with Gasteiger partial charge in [0.1, 0.15) is 0 Å². The monoisotopic (exact) mass is 269 g/mol. The van der Waals surface area contributed by atoms with E-state index in [1.165, 1.54) is 32.1 Å². The van der Waals surface area contributed by atoms with Crippen molar-refractivity contribution in [2.75, 3.05) is 6.54 Å². The zero-order valence-corrected chi connectivity index (χ0v) is 12.8. The molecule has 1 unspecified atom stereocenters. The SMILES string of the molecule is CCCCC1CCC(C(=O)NCC(O)C(C)C)CC1. The molecular weight excluding hydrogens is 238 g/mol. The number of aliphatic hydroxyl groups is 1. The minimum Gasteiger partial charge on any atom is -0.391 e. The number of unbranched alkanes of at least 4 members (excludes halogenated alkanes) is 1. The van der Waals surface area contributed by atoms with E-state index in [0.717, 1.165) is 18.8 Å². The molecule has 0 saturated heterocycles. The van der Waals surface area contributed by atoms with E-state index in [1.807, 2.05) is 13.8 Å². The lowest BCUT2D eigenvalue weighted by Gasteiger charge is -2.28. The number of amides is 1. The maximum absolute atomic E-state index is 12.0. The highest BCUT2D eigenvalue weighted by molar-refractivity contribution is 5.78. The largest absolute Gasteiger partial charge is 0.391 e. The highest BCUT2D eigenvalue weighted by Gasteiger charge is 2.26. The highest BCUT2D eigenvalue weighted by Crippen LogP contribution is 2.31. The summed E-state index contributed by atoms with van der Waals surface area (Å²) < 4.78 is 0. The fraction of sp³-hybridized carbons (Fsp3) is 0.938. The van der Waals surface area contributed by atoms with Crippen LogP contribution in [0.4, 0.5) is 0 Å². The first kappa shape index (κ1) is 16.5. The third-order valence-corrected chi connectivity index (χ3v) is 4.44. The van der Waals surface area contributed by atoms with E-state index in [-0.39, 0.29) is 17.7 Å². The Morgan fingerprint density at radius 3 is 2.42 bits per heavy atom. The second-order valence-electron chi connectivity index (χ2n) is 6.42. The van der Waals surface area contributed by atoms with E-state index in [2.05, 4.69) is 12.2 Å². The molecule has 0 aliphatic heterocycles. The van der Waals surface area contributed by atoms with Crippen LogP contribution in [0.5, 0.6) is 0 Å². The molecule has 0 aromatic rings. The minimum absolute atomic E-state index is 0.147. The summed E-state index contributed by atoms with van der Waals surface area (Å²) in [6, 6.07) is 0. The molecule has 1 aliphatic carbocycles. The van der Waals surface area contributed by atoms with Crippen LogP contribution in [0.25, 0.3) is 0 Å². The standard InChI is InChI=1S/C16H31NO2/c1-4-5-6-13-7-9-14(10-8-13)16(19)17-11-15(18)12(2)3/h12-15,18H,4-11H2,1-3H3,(H,17,19). The molecule has 0 aromatic heterocycles. The Kier molecular flexibility index (Phi) is 7.44. The van der Waals surface area contributed by atoms with Gasteiger partial charge in [-0.25, -0.2) is 0 Å². The summed E-state index contributed by atoms with van der Waals surface area (Å²) in [5.74, 6) is 1.36. The van der Waals surface area contributed by atoms with Crippen LogP contribution in [-0.4, -0.2) is 23.7 Å². The molecule has 0 aromatic carbocycles. The van der Waals surface area contributed by atoms with Gasteiger partial charge in [-0.2, -0.15) is 0 Å². The quantitative estimate of drug-likeness (QED) is 0.746. The summed E-state index contributed by atoms with van der Waals surface area (Å²) in [5.41, 5.74) is 0. The van der Waals surface area contributed by atoms with Crippen LogP contribution in [0.2, 0.25) is 0 Å². The number of carbonyl (C=O) groups excluding carboxylic acids is 1. The average molecular weight is 269 g/mol. The van der Waals surface area contributed by atoms with E-state index >= 15 is 0 Å². The van der Waals surface area contributed by atoms with Crippen LogP contribution in [-0.2, 0) is 4.79 Å². The lowest BCUT2D eigenvalue weighted by Crippen LogP contribution is -2.39. The van der Waals surface area contributed by atoms with Crippen molar-refractivity contribution in [3.05, 3.63) is 0 Å². The predicted octanol–water partition coefficient (Wildman–Crippen LogP) is 3.12. The normalized spacial score (nSPS) is 25.3. The summed E-state index contributed by atoms with van der Waals surface area (Å²) in [7, 11) is 0. The van der Waals surface area contributed by atoms with E-state index in [0.29, 0.717) is 6.54 Å². The molecule has 0 heterocycles. The van der Waals surface area contributed by atoms with Crippen molar-refractivity contribution in [1.29, 1.82) is 0 Å². The third kappa shape index (κ3) is 5.94. The van der Waals surface area contributed by atoms with Crippen molar-refractivity contribution in [1.82, 2.24) is 5.32 Å². The molecule has 1 aliphatic rings. The average Bonchev–Trinajstić information content (AvgIpc) is 2.42. The maximum Gasteiger partial charge on any atom is 0.223 e. The predicted molar refractivity (Wildman–Crippen MR) is 78.8 cm³/mol. The Morgan fingerprint density at radius 1 is 1.26 bits per heavy atom. The van der Waals surface area contributed by atoms with Crippen LogP contribution in [0.15, 0.2) is 0 Å². The second kappa shape index (κ2) is 8.57. The molecule has 1 rings (SSSR count). The van der Waals surface area contributed by atoms with E-state index in [9.17, 15) is 9.90 Å². The molecule has 1 fully saturated rings. The first-order valence-electron chi connectivity index (χ1n) is 8.00. The van der Waals surface area contributed by atoms with Crippen LogP contribution in [0.3, 0.4) is 0 Å².